The van der Waals surface area contributed by atoms with Crippen LogP contribution >= 0.6 is 0 Å². The molecule has 0 aliphatic carbocycles. The number of likely N-dealkylation sites (tertiary alicyclic amines) is 1. The fourth-order valence-electron chi connectivity index (χ4n) is 2.67. The van der Waals surface area contributed by atoms with Crippen LogP contribution in [0.5, 0.6) is 0 Å². The molecule has 1 rings (SSSR count). The van der Waals surface area contributed by atoms with Gasteiger partial charge in [-0.15, -0.1) is 0 Å². The van der Waals surface area contributed by atoms with Crippen LogP contribution in [-0.2, 0) is 9.53 Å². The van der Waals surface area contributed by atoms with E-state index in [2.05, 4.69) is 24.1 Å². The topological polar surface area (TPSA) is 41.6 Å². The van der Waals surface area contributed by atoms with Gasteiger partial charge in [0, 0.05) is 12.6 Å². The Labute approximate surface area is 111 Å². The van der Waals surface area contributed by atoms with Gasteiger partial charge in [0.25, 0.3) is 0 Å². The van der Waals surface area contributed by atoms with E-state index in [1.165, 1.54) is 12.8 Å². The lowest BCUT2D eigenvalue weighted by Crippen LogP contribution is -2.51. The fourth-order valence-corrected chi connectivity index (χ4v) is 2.67. The maximum Gasteiger partial charge on any atom is 0.324 e. The van der Waals surface area contributed by atoms with Crippen molar-refractivity contribution in [2.75, 3.05) is 26.2 Å². The summed E-state index contributed by atoms with van der Waals surface area (Å²) in [5, 5.41) is 3.23. The molecule has 0 spiro atoms. The van der Waals surface area contributed by atoms with Gasteiger partial charge in [0.05, 0.1) is 6.61 Å². The highest BCUT2D eigenvalue weighted by atomic mass is 16.5. The van der Waals surface area contributed by atoms with Crippen LogP contribution in [0.3, 0.4) is 0 Å². The van der Waals surface area contributed by atoms with Crippen molar-refractivity contribution in [3.05, 3.63) is 0 Å². The molecule has 106 valence electrons. The quantitative estimate of drug-likeness (QED) is 0.734. The van der Waals surface area contributed by atoms with Crippen molar-refractivity contribution >= 4 is 5.97 Å². The van der Waals surface area contributed by atoms with E-state index in [1.54, 1.807) is 0 Å². The Kier molecular flexibility index (Phi) is 6.65. The van der Waals surface area contributed by atoms with Gasteiger partial charge in [-0.3, -0.25) is 9.69 Å². The molecule has 3 atom stereocenters. The summed E-state index contributed by atoms with van der Waals surface area (Å²) in [6.07, 6.45) is 2.45. The number of rotatable bonds is 6. The SMILES string of the molecule is CCNC(CN1CCC(C)CC1C)C(=O)OCC. The van der Waals surface area contributed by atoms with Gasteiger partial charge in [0.1, 0.15) is 6.04 Å². The van der Waals surface area contributed by atoms with Crippen molar-refractivity contribution in [1.82, 2.24) is 10.2 Å². The van der Waals surface area contributed by atoms with Gasteiger partial charge in [-0.1, -0.05) is 13.8 Å². The largest absolute Gasteiger partial charge is 0.465 e. The van der Waals surface area contributed by atoms with Crippen LogP contribution in [0.1, 0.15) is 40.5 Å². The predicted molar refractivity (Wildman–Crippen MR) is 73.5 cm³/mol. The van der Waals surface area contributed by atoms with Crippen molar-refractivity contribution in [3.63, 3.8) is 0 Å². The van der Waals surface area contributed by atoms with E-state index >= 15 is 0 Å². The third kappa shape index (κ3) is 4.58. The highest BCUT2D eigenvalue weighted by Gasteiger charge is 2.28. The summed E-state index contributed by atoms with van der Waals surface area (Å²) in [7, 11) is 0. The first-order chi connectivity index (χ1) is 8.58. The van der Waals surface area contributed by atoms with E-state index in [0.29, 0.717) is 12.6 Å². The highest BCUT2D eigenvalue weighted by molar-refractivity contribution is 5.76. The lowest BCUT2D eigenvalue weighted by atomic mass is 9.93. The number of nitrogens with zero attached hydrogens (tertiary/aromatic N) is 1. The molecule has 1 saturated heterocycles. The molecule has 0 radical (unpaired) electrons. The summed E-state index contributed by atoms with van der Waals surface area (Å²) in [6.45, 7) is 11.5. The number of likely N-dealkylation sites (N-methyl/N-ethyl adjacent to an activating group) is 1. The number of hydrogen-bond acceptors (Lipinski definition) is 4. The number of hydrogen-bond donors (Lipinski definition) is 1. The average Bonchev–Trinajstić information content (AvgIpc) is 2.32. The summed E-state index contributed by atoms with van der Waals surface area (Å²) in [4.78, 5) is 14.3. The zero-order chi connectivity index (χ0) is 13.5. The molecule has 0 aromatic rings. The van der Waals surface area contributed by atoms with Gasteiger partial charge >= 0.3 is 5.97 Å². The van der Waals surface area contributed by atoms with Crippen molar-refractivity contribution in [1.29, 1.82) is 0 Å². The third-order valence-electron chi connectivity index (χ3n) is 3.71. The fraction of sp³-hybridized carbons (Fsp3) is 0.929. The van der Waals surface area contributed by atoms with Crippen molar-refractivity contribution in [2.24, 2.45) is 5.92 Å². The lowest BCUT2D eigenvalue weighted by Gasteiger charge is -2.38. The Morgan fingerprint density at radius 2 is 2.17 bits per heavy atom. The van der Waals surface area contributed by atoms with Crippen LogP contribution < -0.4 is 5.32 Å². The standard InChI is InChI=1S/C14H28N2O2/c1-5-15-13(14(17)18-6-2)10-16-8-7-11(3)9-12(16)4/h11-13,15H,5-10H2,1-4H3. The molecule has 0 bridgehead atoms. The minimum Gasteiger partial charge on any atom is -0.465 e. The first-order valence-corrected chi connectivity index (χ1v) is 7.22. The first kappa shape index (κ1) is 15.4. The Morgan fingerprint density at radius 3 is 2.72 bits per heavy atom. The summed E-state index contributed by atoms with van der Waals surface area (Å²) in [5.74, 6) is 0.682. The van der Waals surface area contributed by atoms with Crippen LogP contribution in [-0.4, -0.2) is 49.2 Å². The predicted octanol–water partition coefficient (Wildman–Crippen LogP) is 1.65. The molecule has 4 nitrogen and oxygen atoms in total. The molecule has 0 amide bonds. The minimum atomic E-state index is -0.189. The summed E-state index contributed by atoms with van der Waals surface area (Å²) >= 11 is 0. The van der Waals surface area contributed by atoms with E-state index in [-0.39, 0.29) is 12.0 Å². The van der Waals surface area contributed by atoms with Crippen LogP contribution in [0.15, 0.2) is 0 Å². The molecule has 1 fully saturated rings. The zero-order valence-electron chi connectivity index (χ0n) is 12.2. The molecule has 18 heavy (non-hydrogen) atoms. The Bertz CT molecular complexity index is 258. The van der Waals surface area contributed by atoms with Crippen molar-refractivity contribution in [2.45, 2.75) is 52.6 Å². The van der Waals surface area contributed by atoms with E-state index < -0.39 is 0 Å². The minimum absolute atomic E-state index is 0.120. The van der Waals surface area contributed by atoms with Gasteiger partial charge in [0.2, 0.25) is 0 Å². The van der Waals surface area contributed by atoms with Gasteiger partial charge in [0.15, 0.2) is 0 Å². The number of esters is 1. The van der Waals surface area contributed by atoms with Crippen LogP contribution in [0, 0.1) is 5.92 Å². The molecule has 4 heteroatoms. The van der Waals surface area contributed by atoms with Crippen LogP contribution in [0.4, 0.5) is 0 Å². The van der Waals surface area contributed by atoms with E-state index in [1.807, 2.05) is 13.8 Å². The number of nitrogens with one attached hydrogen (secondary N) is 1. The molecule has 0 saturated carbocycles. The molecule has 1 aliphatic rings. The summed E-state index contributed by atoms with van der Waals surface area (Å²) in [6, 6.07) is 0.370. The van der Waals surface area contributed by atoms with Gasteiger partial charge in [-0.2, -0.15) is 0 Å². The smallest absolute Gasteiger partial charge is 0.324 e. The number of ether oxygens (including phenoxy) is 1. The normalized spacial score (nSPS) is 26.9. The number of piperidine rings is 1. The second-order valence-corrected chi connectivity index (χ2v) is 5.34. The Hall–Kier alpha value is -0.610. The van der Waals surface area contributed by atoms with Gasteiger partial charge in [-0.25, -0.2) is 0 Å². The molecular weight excluding hydrogens is 228 g/mol. The second-order valence-electron chi connectivity index (χ2n) is 5.34. The molecule has 1 aliphatic heterocycles. The summed E-state index contributed by atoms with van der Waals surface area (Å²) in [5.41, 5.74) is 0. The summed E-state index contributed by atoms with van der Waals surface area (Å²) < 4.78 is 5.13. The van der Waals surface area contributed by atoms with Gasteiger partial charge < -0.3 is 10.1 Å². The molecule has 0 aromatic carbocycles. The number of carbonyl (C=O) groups excluding carboxylic acids is 1. The third-order valence-corrected chi connectivity index (χ3v) is 3.71. The highest BCUT2D eigenvalue weighted by Crippen LogP contribution is 2.22. The molecule has 3 unspecified atom stereocenters. The monoisotopic (exact) mass is 256 g/mol. The molecule has 1 heterocycles. The van der Waals surface area contributed by atoms with Gasteiger partial charge in [-0.05, 0) is 45.7 Å². The average molecular weight is 256 g/mol. The Balaban J connectivity index is 2.51. The van der Waals surface area contributed by atoms with Crippen LogP contribution in [0.2, 0.25) is 0 Å². The molecule has 0 aromatic heterocycles. The van der Waals surface area contributed by atoms with E-state index in [9.17, 15) is 4.79 Å². The second kappa shape index (κ2) is 7.74. The molecular formula is C14H28N2O2. The van der Waals surface area contributed by atoms with Crippen molar-refractivity contribution in [3.8, 4) is 0 Å². The zero-order valence-corrected chi connectivity index (χ0v) is 12.2. The molecule has 1 N–H and O–H groups in total. The van der Waals surface area contributed by atoms with Crippen LogP contribution in [0.25, 0.3) is 0 Å². The number of carbonyl (C=O) groups is 1. The first-order valence-electron chi connectivity index (χ1n) is 7.22. The lowest BCUT2D eigenvalue weighted by molar-refractivity contribution is -0.146. The van der Waals surface area contributed by atoms with E-state index in [0.717, 1.165) is 25.6 Å². The van der Waals surface area contributed by atoms with Crippen molar-refractivity contribution < 1.29 is 9.53 Å². The maximum atomic E-state index is 11.9. The Morgan fingerprint density at radius 1 is 1.44 bits per heavy atom. The van der Waals surface area contributed by atoms with E-state index in [4.69, 9.17) is 4.74 Å². The maximum absolute atomic E-state index is 11.9.